The van der Waals surface area contributed by atoms with Gasteiger partial charge in [-0.05, 0) is 6.92 Å². The minimum atomic E-state index is -0.747. The fourth-order valence-corrected chi connectivity index (χ4v) is 0.989. The van der Waals surface area contributed by atoms with Gasteiger partial charge in [-0.3, -0.25) is 0 Å². The Morgan fingerprint density at radius 3 is 2.83 bits per heavy atom. The van der Waals surface area contributed by atoms with Crippen LogP contribution in [0.5, 0.6) is 11.5 Å². The van der Waals surface area contributed by atoms with Crippen molar-refractivity contribution >= 4 is 11.6 Å². The van der Waals surface area contributed by atoms with Gasteiger partial charge in [-0.25, -0.2) is 4.39 Å². The van der Waals surface area contributed by atoms with Crippen molar-refractivity contribution in [3.63, 3.8) is 0 Å². The van der Waals surface area contributed by atoms with E-state index in [1.54, 1.807) is 6.92 Å². The van der Waals surface area contributed by atoms with E-state index < -0.39 is 11.6 Å². The van der Waals surface area contributed by atoms with E-state index in [1.807, 2.05) is 0 Å². The average Bonchev–Trinajstić information content (AvgIpc) is 2.01. The second-order valence-electron chi connectivity index (χ2n) is 2.17. The smallest absolute Gasteiger partial charge is 0.166 e. The van der Waals surface area contributed by atoms with Crippen LogP contribution >= 0.6 is 11.6 Å². The van der Waals surface area contributed by atoms with E-state index in [-0.39, 0.29) is 10.8 Å². The monoisotopic (exact) mass is 190 g/mol. The highest BCUT2D eigenvalue weighted by Crippen LogP contribution is 2.30. The van der Waals surface area contributed by atoms with Crippen LogP contribution in [0.4, 0.5) is 4.39 Å². The number of rotatable bonds is 2. The van der Waals surface area contributed by atoms with Gasteiger partial charge in [0.15, 0.2) is 11.6 Å². The zero-order valence-corrected chi connectivity index (χ0v) is 7.23. The Kier molecular flexibility index (Phi) is 2.76. The lowest BCUT2D eigenvalue weighted by atomic mass is 10.3. The third kappa shape index (κ3) is 1.80. The summed E-state index contributed by atoms with van der Waals surface area (Å²) in [6.07, 6.45) is 0. The molecule has 0 atom stereocenters. The maximum atomic E-state index is 12.6. The molecule has 1 rings (SSSR count). The highest BCUT2D eigenvalue weighted by Gasteiger charge is 2.07. The number of phenolic OH excluding ortho intramolecular Hbond substituents is 1. The highest BCUT2D eigenvalue weighted by atomic mass is 35.5. The number of hydrogen-bond donors (Lipinski definition) is 1. The number of ether oxygens (including phenoxy) is 1. The first-order valence-corrected chi connectivity index (χ1v) is 3.83. The summed E-state index contributed by atoms with van der Waals surface area (Å²) in [4.78, 5) is 0. The topological polar surface area (TPSA) is 29.5 Å². The molecule has 0 unspecified atom stereocenters. The molecule has 0 aromatic heterocycles. The molecule has 0 aliphatic rings. The van der Waals surface area contributed by atoms with Crippen LogP contribution in [0.2, 0.25) is 5.02 Å². The molecule has 66 valence electrons. The van der Waals surface area contributed by atoms with Gasteiger partial charge < -0.3 is 9.84 Å². The standard InChI is InChI=1S/C8H8ClFO2/c1-2-12-8-4-7(11)6(10)3-5(8)9/h3-4,11H,2H2,1H3. The normalized spacial score (nSPS) is 9.92. The SMILES string of the molecule is CCOc1cc(O)c(F)cc1Cl. The summed E-state index contributed by atoms with van der Waals surface area (Å²) in [5.41, 5.74) is 0. The summed E-state index contributed by atoms with van der Waals surface area (Å²) in [6, 6.07) is 2.17. The average molecular weight is 191 g/mol. The predicted molar refractivity (Wildman–Crippen MR) is 44.2 cm³/mol. The maximum absolute atomic E-state index is 12.6. The lowest BCUT2D eigenvalue weighted by Gasteiger charge is -2.05. The van der Waals surface area contributed by atoms with E-state index in [2.05, 4.69) is 0 Å². The highest BCUT2D eigenvalue weighted by molar-refractivity contribution is 6.32. The molecule has 0 bridgehead atoms. The fraction of sp³-hybridized carbons (Fsp3) is 0.250. The van der Waals surface area contributed by atoms with E-state index in [9.17, 15) is 4.39 Å². The first-order chi connectivity index (χ1) is 5.65. The molecule has 0 heterocycles. The summed E-state index contributed by atoms with van der Waals surface area (Å²) in [7, 11) is 0. The molecule has 0 aliphatic carbocycles. The predicted octanol–water partition coefficient (Wildman–Crippen LogP) is 2.58. The molecule has 0 fully saturated rings. The molecule has 0 saturated carbocycles. The molecule has 0 saturated heterocycles. The maximum Gasteiger partial charge on any atom is 0.166 e. The molecular weight excluding hydrogens is 183 g/mol. The second kappa shape index (κ2) is 3.63. The molecule has 1 aromatic rings. The lowest BCUT2D eigenvalue weighted by Crippen LogP contribution is -1.92. The third-order valence-corrected chi connectivity index (χ3v) is 1.60. The zero-order valence-electron chi connectivity index (χ0n) is 6.47. The Labute approximate surface area is 74.5 Å². The third-order valence-electron chi connectivity index (χ3n) is 1.30. The molecule has 4 heteroatoms. The fourth-order valence-electron chi connectivity index (χ4n) is 0.785. The van der Waals surface area contributed by atoms with Gasteiger partial charge in [-0.2, -0.15) is 0 Å². The molecule has 12 heavy (non-hydrogen) atoms. The number of benzene rings is 1. The van der Waals surface area contributed by atoms with Crippen molar-refractivity contribution in [2.24, 2.45) is 0 Å². The van der Waals surface area contributed by atoms with Crippen molar-refractivity contribution in [3.8, 4) is 11.5 Å². The summed E-state index contributed by atoms with van der Waals surface area (Å²) < 4.78 is 17.6. The van der Waals surface area contributed by atoms with Crippen LogP contribution < -0.4 is 4.74 Å². The number of hydrogen-bond acceptors (Lipinski definition) is 2. The second-order valence-corrected chi connectivity index (χ2v) is 2.57. The molecular formula is C8H8ClFO2. The Morgan fingerprint density at radius 1 is 1.58 bits per heavy atom. The Hall–Kier alpha value is -0.960. The molecule has 2 nitrogen and oxygen atoms in total. The van der Waals surface area contributed by atoms with Crippen LogP contribution in [-0.4, -0.2) is 11.7 Å². The van der Waals surface area contributed by atoms with Gasteiger partial charge in [0, 0.05) is 12.1 Å². The van der Waals surface area contributed by atoms with E-state index in [4.69, 9.17) is 21.4 Å². The van der Waals surface area contributed by atoms with Gasteiger partial charge in [-0.15, -0.1) is 0 Å². The Bertz CT molecular complexity index is 289. The minimum absolute atomic E-state index is 0.159. The van der Waals surface area contributed by atoms with Gasteiger partial charge in [-0.1, -0.05) is 11.6 Å². The largest absolute Gasteiger partial charge is 0.505 e. The lowest BCUT2D eigenvalue weighted by molar-refractivity contribution is 0.335. The van der Waals surface area contributed by atoms with Gasteiger partial charge in [0.25, 0.3) is 0 Å². The summed E-state index contributed by atoms with van der Waals surface area (Å²) >= 11 is 5.60. The van der Waals surface area contributed by atoms with E-state index in [1.165, 1.54) is 0 Å². The van der Waals surface area contributed by atoms with Gasteiger partial charge in [0.05, 0.1) is 11.6 Å². The first-order valence-electron chi connectivity index (χ1n) is 3.46. The minimum Gasteiger partial charge on any atom is -0.505 e. The molecule has 1 N–H and O–H groups in total. The van der Waals surface area contributed by atoms with Crippen LogP contribution in [0.3, 0.4) is 0 Å². The number of halogens is 2. The summed E-state index contributed by atoms with van der Waals surface area (Å²) in [5, 5.41) is 9.10. The molecule has 0 radical (unpaired) electrons. The van der Waals surface area contributed by atoms with Crippen LogP contribution in [0.15, 0.2) is 12.1 Å². The van der Waals surface area contributed by atoms with Gasteiger partial charge >= 0.3 is 0 Å². The molecule has 1 aromatic carbocycles. The Balaban J connectivity index is 3.05. The zero-order chi connectivity index (χ0) is 9.14. The van der Waals surface area contributed by atoms with Crippen LogP contribution in [-0.2, 0) is 0 Å². The van der Waals surface area contributed by atoms with Crippen molar-refractivity contribution in [2.75, 3.05) is 6.61 Å². The van der Waals surface area contributed by atoms with Crippen molar-refractivity contribution in [3.05, 3.63) is 23.0 Å². The number of phenols is 1. The molecule has 0 amide bonds. The quantitative estimate of drug-likeness (QED) is 0.777. The van der Waals surface area contributed by atoms with Crippen molar-refractivity contribution in [1.82, 2.24) is 0 Å². The summed E-state index contributed by atoms with van der Waals surface area (Å²) in [6.45, 7) is 2.20. The van der Waals surface area contributed by atoms with Crippen molar-refractivity contribution in [1.29, 1.82) is 0 Å². The van der Waals surface area contributed by atoms with E-state index >= 15 is 0 Å². The van der Waals surface area contributed by atoms with Crippen LogP contribution in [0.25, 0.3) is 0 Å². The number of aromatic hydroxyl groups is 1. The van der Waals surface area contributed by atoms with E-state index in [0.717, 1.165) is 12.1 Å². The van der Waals surface area contributed by atoms with Crippen LogP contribution in [0, 0.1) is 5.82 Å². The van der Waals surface area contributed by atoms with Crippen molar-refractivity contribution in [2.45, 2.75) is 6.92 Å². The van der Waals surface area contributed by atoms with Crippen LogP contribution in [0.1, 0.15) is 6.92 Å². The molecule has 0 aliphatic heterocycles. The molecule has 0 spiro atoms. The van der Waals surface area contributed by atoms with E-state index in [0.29, 0.717) is 6.61 Å². The summed E-state index contributed by atoms with van der Waals surface area (Å²) in [5.74, 6) is -0.913. The van der Waals surface area contributed by atoms with Gasteiger partial charge in [0.1, 0.15) is 5.75 Å². The first kappa shape index (κ1) is 9.13. The van der Waals surface area contributed by atoms with Crippen molar-refractivity contribution < 1.29 is 14.2 Å². The van der Waals surface area contributed by atoms with Gasteiger partial charge in [0.2, 0.25) is 0 Å². The Morgan fingerprint density at radius 2 is 2.25 bits per heavy atom.